The van der Waals surface area contributed by atoms with Crippen LogP contribution in [-0.2, 0) is 6.42 Å². The molecule has 1 fully saturated rings. The number of hydrogen-bond donors (Lipinski definition) is 0. The molecule has 0 amide bonds. The fourth-order valence-corrected chi connectivity index (χ4v) is 4.56. The zero-order valence-electron chi connectivity index (χ0n) is 17.4. The van der Waals surface area contributed by atoms with Crippen molar-refractivity contribution in [1.82, 2.24) is 34.1 Å². The molecular weight excluding hydrogens is 432 g/mol. The molecule has 4 heterocycles. The monoisotopic (exact) mass is 451 g/mol. The molecule has 0 N–H and O–H groups in total. The lowest BCUT2D eigenvalue weighted by atomic mass is 9.89. The zero-order valence-corrected chi connectivity index (χ0v) is 17.4. The van der Waals surface area contributed by atoms with Crippen molar-refractivity contribution in [1.29, 1.82) is 0 Å². The van der Waals surface area contributed by atoms with E-state index in [1.807, 2.05) is 0 Å². The molecule has 0 bridgehead atoms. The topological polar surface area (TPSA) is 92.7 Å². The minimum Gasteiger partial charge on any atom is -0.474 e. The first kappa shape index (κ1) is 19.8. The highest BCUT2D eigenvalue weighted by molar-refractivity contribution is 5.26. The first-order valence-electron chi connectivity index (χ1n) is 10.7. The Bertz CT molecular complexity index is 1360. The number of hydrogen-bond acceptors (Lipinski definition) is 6. The fourth-order valence-electron chi connectivity index (χ4n) is 4.56. The van der Waals surface area contributed by atoms with E-state index in [0.717, 1.165) is 6.07 Å². The average Bonchev–Trinajstić information content (AvgIpc) is 3.49. The summed E-state index contributed by atoms with van der Waals surface area (Å²) in [6, 6.07) is 6.38. The summed E-state index contributed by atoms with van der Waals surface area (Å²) in [7, 11) is 0. The highest BCUT2D eigenvalue weighted by Gasteiger charge is 2.38. The molecule has 9 nitrogen and oxygen atoms in total. The maximum Gasteiger partial charge on any atom is 0.346 e. The van der Waals surface area contributed by atoms with Crippen molar-refractivity contribution in [2.75, 3.05) is 0 Å². The van der Waals surface area contributed by atoms with Gasteiger partial charge in [-0.3, -0.25) is 4.57 Å². The van der Waals surface area contributed by atoms with Crippen LogP contribution in [0, 0.1) is 11.6 Å². The number of benzene rings is 1. The number of halogens is 2. The average molecular weight is 451 g/mol. The Balaban J connectivity index is 1.17. The van der Waals surface area contributed by atoms with Crippen LogP contribution in [0.3, 0.4) is 0 Å². The highest BCUT2D eigenvalue weighted by atomic mass is 19.1. The van der Waals surface area contributed by atoms with Crippen molar-refractivity contribution in [3.63, 3.8) is 0 Å². The van der Waals surface area contributed by atoms with Crippen LogP contribution in [0.25, 0.3) is 5.82 Å². The quantitative estimate of drug-likeness (QED) is 0.463. The lowest BCUT2D eigenvalue weighted by molar-refractivity contribution is 0.0583. The summed E-state index contributed by atoms with van der Waals surface area (Å²) in [4.78, 5) is 21.4. The van der Waals surface area contributed by atoms with Crippen molar-refractivity contribution in [2.24, 2.45) is 0 Å². The van der Waals surface area contributed by atoms with E-state index in [0.29, 0.717) is 48.8 Å². The standard InChI is InChI=1S/C22H19F2N7O2/c23-14-6-13(7-15(24)8-14)18-2-3-19-28-31(22(32)30(18)19)16-9-17(10-16)33-21-11-20(25-12-26-21)29-5-1-4-27-29/h1,4-8,11-12,16-18H,2-3,9-10H2/t16?,17?,18-/m0/s1. The SMILES string of the molecule is O=c1n(C2CC(Oc3cc(-n4cccn4)ncn3)C2)nc2n1[C@H](c1cc(F)cc(F)c1)CC2. The van der Waals surface area contributed by atoms with Gasteiger partial charge in [-0.05, 0) is 30.2 Å². The summed E-state index contributed by atoms with van der Waals surface area (Å²) in [5.41, 5.74) is 0.183. The number of ether oxygens (including phenoxy) is 1. The maximum absolute atomic E-state index is 13.7. The highest BCUT2D eigenvalue weighted by Crippen LogP contribution is 2.36. The fraction of sp³-hybridized carbons (Fsp3) is 0.318. The maximum atomic E-state index is 13.7. The Hall–Kier alpha value is -3.89. The molecule has 0 radical (unpaired) electrons. The van der Waals surface area contributed by atoms with Crippen molar-refractivity contribution in [3.05, 3.63) is 82.6 Å². The number of fused-ring (bicyclic) bond motifs is 1. The third kappa shape index (κ3) is 3.49. The smallest absolute Gasteiger partial charge is 0.346 e. The van der Waals surface area contributed by atoms with Gasteiger partial charge in [0.25, 0.3) is 0 Å². The van der Waals surface area contributed by atoms with Gasteiger partial charge in [0.2, 0.25) is 5.88 Å². The Labute approximate surface area is 186 Å². The normalized spacial score (nSPS) is 21.6. The van der Waals surface area contributed by atoms with Crippen LogP contribution in [0.5, 0.6) is 5.88 Å². The van der Waals surface area contributed by atoms with E-state index < -0.39 is 17.7 Å². The van der Waals surface area contributed by atoms with Crippen LogP contribution in [0.4, 0.5) is 8.78 Å². The number of rotatable bonds is 5. The largest absolute Gasteiger partial charge is 0.474 e. The molecule has 0 spiro atoms. The molecule has 4 aromatic rings. The van der Waals surface area contributed by atoms with Crippen molar-refractivity contribution < 1.29 is 13.5 Å². The van der Waals surface area contributed by atoms with E-state index in [4.69, 9.17) is 4.74 Å². The van der Waals surface area contributed by atoms with Gasteiger partial charge in [-0.25, -0.2) is 32.9 Å². The summed E-state index contributed by atoms with van der Waals surface area (Å²) in [5.74, 6) is 0.365. The molecule has 1 aliphatic carbocycles. The van der Waals surface area contributed by atoms with E-state index in [2.05, 4.69) is 20.2 Å². The van der Waals surface area contributed by atoms with Gasteiger partial charge in [0.15, 0.2) is 5.82 Å². The molecule has 1 aromatic carbocycles. The molecule has 6 rings (SSSR count). The second-order valence-corrected chi connectivity index (χ2v) is 8.30. The molecule has 2 aliphatic rings. The van der Waals surface area contributed by atoms with Crippen LogP contribution in [0.15, 0.2) is 53.8 Å². The third-order valence-electron chi connectivity index (χ3n) is 6.20. The van der Waals surface area contributed by atoms with Crippen molar-refractivity contribution >= 4 is 0 Å². The Morgan fingerprint density at radius 2 is 1.88 bits per heavy atom. The molecule has 11 heteroatoms. The number of nitrogens with zero attached hydrogens (tertiary/aromatic N) is 7. The second kappa shape index (κ2) is 7.61. The summed E-state index contributed by atoms with van der Waals surface area (Å²) in [6.07, 6.45) is 7.14. The minimum absolute atomic E-state index is 0.0991. The summed E-state index contributed by atoms with van der Waals surface area (Å²) < 4.78 is 38.0. The van der Waals surface area contributed by atoms with E-state index >= 15 is 0 Å². The molecule has 33 heavy (non-hydrogen) atoms. The van der Waals surface area contributed by atoms with Gasteiger partial charge in [0.1, 0.15) is 29.9 Å². The molecule has 0 saturated heterocycles. The zero-order chi connectivity index (χ0) is 22.5. The molecule has 1 aliphatic heterocycles. The van der Waals surface area contributed by atoms with Crippen molar-refractivity contribution in [2.45, 2.75) is 43.9 Å². The third-order valence-corrected chi connectivity index (χ3v) is 6.20. The van der Waals surface area contributed by atoms with Gasteiger partial charge in [-0.1, -0.05) is 0 Å². The van der Waals surface area contributed by atoms with E-state index in [9.17, 15) is 13.6 Å². The van der Waals surface area contributed by atoms with Crippen LogP contribution < -0.4 is 10.4 Å². The Morgan fingerprint density at radius 1 is 1.06 bits per heavy atom. The van der Waals surface area contributed by atoms with Gasteiger partial charge >= 0.3 is 5.69 Å². The molecule has 1 saturated carbocycles. The van der Waals surface area contributed by atoms with E-state index in [1.54, 1.807) is 33.8 Å². The summed E-state index contributed by atoms with van der Waals surface area (Å²) >= 11 is 0. The lowest BCUT2D eigenvalue weighted by Crippen LogP contribution is -2.41. The van der Waals surface area contributed by atoms with Gasteiger partial charge in [0.05, 0.1) is 12.1 Å². The molecule has 168 valence electrons. The Morgan fingerprint density at radius 3 is 2.64 bits per heavy atom. The van der Waals surface area contributed by atoms with Crippen LogP contribution >= 0.6 is 0 Å². The lowest BCUT2D eigenvalue weighted by Gasteiger charge is -2.34. The molecular formula is C22H19F2N7O2. The molecule has 3 aromatic heterocycles. The van der Waals surface area contributed by atoms with E-state index in [-0.39, 0.29) is 17.8 Å². The van der Waals surface area contributed by atoms with Crippen molar-refractivity contribution in [3.8, 4) is 11.7 Å². The van der Waals surface area contributed by atoms with Crippen LogP contribution in [0.2, 0.25) is 0 Å². The van der Waals surface area contributed by atoms with Gasteiger partial charge in [-0.15, -0.1) is 0 Å². The first-order valence-corrected chi connectivity index (χ1v) is 10.7. The van der Waals surface area contributed by atoms with Crippen LogP contribution in [-0.4, -0.2) is 40.2 Å². The summed E-state index contributed by atoms with van der Waals surface area (Å²) in [5, 5.41) is 8.65. The van der Waals surface area contributed by atoms with E-state index in [1.165, 1.54) is 23.1 Å². The first-order chi connectivity index (χ1) is 16.0. The molecule has 1 atom stereocenters. The van der Waals surface area contributed by atoms with Crippen LogP contribution in [0.1, 0.15) is 42.7 Å². The van der Waals surface area contributed by atoms with Gasteiger partial charge in [0, 0.05) is 43.8 Å². The second-order valence-electron chi connectivity index (χ2n) is 8.30. The van der Waals surface area contributed by atoms with Gasteiger partial charge < -0.3 is 4.74 Å². The van der Waals surface area contributed by atoms with Gasteiger partial charge in [-0.2, -0.15) is 10.2 Å². The number of aromatic nitrogens is 7. The minimum atomic E-state index is -0.654. The predicted molar refractivity (Wildman–Crippen MR) is 111 cm³/mol. The Kier molecular flexibility index (Phi) is 4.56. The molecule has 0 unspecified atom stereocenters. The number of aryl methyl sites for hydroxylation is 1. The summed E-state index contributed by atoms with van der Waals surface area (Å²) in [6.45, 7) is 0. The predicted octanol–water partition coefficient (Wildman–Crippen LogP) is 2.62.